The maximum absolute atomic E-state index is 14.9. The lowest BCUT2D eigenvalue weighted by atomic mass is 9.92. The Balaban J connectivity index is 1.51. The molecule has 1 fully saturated rings. The van der Waals surface area contributed by atoms with E-state index in [0.717, 1.165) is 41.3 Å². The number of pyridine rings is 1. The molecule has 0 saturated carbocycles. The van der Waals surface area contributed by atoms with Crippen LogP contribution < -0.4 is 21.5 Å². The molecular weight excluding hydrogens is 985 g/mol. The first-order chi connectivity index (χ1) is 34.4. The van der Waals surface area contributed by atoms with Gasteiger partial charge in [-0.2, -0.15) is 0 Å². The number of thiazole rings is 1. The van der Waals surface area contributed by atoms with Gasteiger partial charge >= 0.3 is 18.0 Å². The molecular formula is C50H72N8O11S3. The van der Waals surface area contributed by atoms with E-state index in [4.69, 9.17) is 14.2 Å². The van der Waals surface area contributed by atoms with Crippen molar-refractivity contribution in [3.05, 3.63) is 70.3 Å². The molecule has 2 aromatic heterocycles. The third-order valence-electron chi connectivity index (χ3n) is 12.2. The quantitative estimate of drug-likeness (QED) is 0.0129. The highest BCUT2D eigenvalue weighted by Gasteiger charge is 2.39. The number of aromatic nitrogens is 2. The molecule has 1 aliphatic heterocycles. The Morgan fingerprint density at radius 2 is 1.71 bits per heavy atom. The lowest BCUT2D eigenvalue weighted by Crippen LogP contribution is -2.59. The third kappa shape index (κ3) is 19.5. The number of esters is 2. The number of nitrogens with zero attached hydrogens (tertiary/aromatic N) is 4. The largest absolute Gasteiger partial charge is 0.508 e. The van der Waals surface area contributed by atoms with Crippen molar-refractivity contribution in [3.8, 4) is 5.75 Å². The predicted molar refractivity (Wildman–Crippen MR) is 276 cm³/mol. The number of hydrogen-bond donors (Lipinski definition) is 5. The number of nitrogens with one attached hydrogen (secondary N) is 4. The van der Waals surface area contributed by atoms with Crippen LogP contribution in [0, 0.1) is 17.8 Å². The van der Waals surface area contributed by atoms with Crippen LogP contribution in [0.1, 0.15) is 127 Å². The fraction of sp³-hybridized carbons (Fsp3) is 0.580. The lowest BCUT2D eigenvalue weighted by molar-refractivity contribution is -0.160. The molecule has 3 aromatic rings. The number of amides is 5. The molecule has 0 bridgehead atoms. The molecule has 0 aliphatic carbocycles. The minimum atomic E-state index is -1.05. The van der Waals surface area contributed by atoms with Gasteiger partial charge < -0.3 is 34.9 Å². The van der Waals surface area contributed by atoms with Gasteiger partial charge in [-0.15, -0.1) is 11.3 Å². The van der Waals surface area contributed by atoms with Crippen LogP contribution in [0.25, 0.3) is 0 Å². The topological polar surface area (TPSA) is 248 Å². The molecule has 19 nitrogen and oxygen atoms in total. The van der Waals surface area contributed by atoms with Crippen molar-refractivity contribution in [2.75, 3.05) is 32.7 Å². The fourth-order valence-corrected chi connectivity index (χ4v) is 10.6. The maximum atomic E-state index is 14.9. The highest BCUT2D eigenvalue weighted by atomic mass is 33.1. The van der Waals surface area contributed by atoms with Crippen molar-refractivity contribution in [1.82, 2.24) is 41.3 Å². The number of hydrogen-bond acceptors (Lipinski definition) is 17. The van der Waals surface area contributed by atoms with Gasteiger partial charge in [-0.25, -0.2) is 20.2 Å². The van der Waals surface area contributed by atoms with Gasteiger partial charge in [0.25, 0.3) is 5.91 Å². The average Bonchev–Trinajstić information content (AvgIpc) is 3.85. The summed E-state index contributed by atoms with van der Waals surface area (Å²) in [5, 5.41) is 18.6. The Labute approximate surface area is 434 Å². The molecule has 3 heterocycles. The number of carbonyl (C=O) groups excluding carboxylic acids is 7. The first kappa shape index (κ1) is 59.1. The van der Waals surface area contributed by atoms with Crippen molar-refractivity contribution >= 4 is 74.6 Å². The summed E-state index contributed by atoms with van der Waals surface area (Å²) < 4.78 is 16.7. The van der Waals surface area contributed by atoms with Crippen LogP contribution in [0.2, 0.25) is 0 Å². The van der Waals surface area contributed by atoms with E-state index in [1.165, 1.54) is 50.9 Å². The molecule has 5 N–H and O–H groups in total. The molecule has 7 atom stereocenters. The summed E-state index contributed by atoms with van der Waals surface area (Å²) in [6, 6.07) is 9.30. The summed E-state index contributed by atoms with van der Waals surface area (Å²) >= 11 is 1.08. The van der Waals surface area contributed by atoms with Gasteiger partial charge in [0.15, 0.2) is 12.8 Å². The number of aromatic hydroxyl groups is 1. The molecule has 72 heavy (non-hydrogen) atoms. The van der Waals surface area contributed by atoms with E-state index in [0.29, 0.717) is 25.0 Å². The van der Waals surface area contributed by atoms with Crippen molar-refractivity contribution in [1.29, 1.82) is 0 Å². The second-order valence-electron chi connectivity index (χ2n) is 18.3. The number of piperidine rings is 1. The molecule has 396 valence electrons. The average molecular weight is 1060 g/mol. The van der Waals surface area contributed by atoms with Crippen LogP contribution in [-0.2, 0) is 44.6 Å². The van der Waals surface area contributed by atoms with Crippen molar-refractivity contribution in [2.24, 2.45) is 17.8 Å². The molecule has 1 aromatic carbocycles. The summed E-state index contributed by atoms with van der Waals surface area (Å²) in [6.07, 6.45) is 3.97. The first-order valence-electron chi connectivity index (χ1n) is 24.5. The zero-order chi connectivity index (χ0) is 52.7. The normalized spacial score (nSPS) is 16.2. The summed E-state index contributed by atoms with van der Waals surface area (Å²) in [5.74, 6) is -3.68. The van der Waals surface area contributed by atoms with E-state index >= 15 is 0 Å². The summed E-state index contributed by atoms with van der Waals surface area (Å²) in [7, 11) is 4.81. The highest BCUT2D eigenvalue weighted by molar-refractivity contribution is 8.76. The van der Waals surface area contributed by atoms with Crippen LogP contribution in [0.4, 0.5) is 4.79 Å². The van der Waals surface area contributed by atoms with Crippen LogP contribution in [0.15, 0.2) is 59.1 Å². The van der Waals surface area contributed by atoms with E-state index in [1.807, 2.05) is 64.8 Å². The Morgan fingerprint density at radius 1 is 0.958 bits per heavy atom. The van der Waals surface area contributed by atoms with E-state index in [9.17, 15) is 38.7 Å². The first-order valence-corrected chi connectivity index (χ1v) is 27.7. The van der Waals surface area contributed by atoms with Crippen LogP contribution >= 0.6 is 32.9 Å². The number of hydrazine groups is 1. The molecule has 0 spiro atoms. The van der Waals surface area contributed by atoms with Crippen LogP contribution in [0.3, 0.4) is 0 Å². The van der Waals surface area contributed by atoms with Gasteiger partial charge in [0.1, 0.15) is 34.1 Å². The number of phenols is 1. The minimum absolute atomic E-state index is 0.00993. The number of rotatable bonds is 27. The SMILES string of the molecule is CCCC(=O)OCN(C(=O)C(NC(=O)[C@H]1CCCCN1C)[C@@H](C)CC)[C@H](C[C@@H](OC(C)=O)c1nc(C(=O)N[C@@H](Cc2ccc(O)cc2)C[C@H](C)C(=O)NNC(=O)OCCSSc2ccccn2)cs1)C(C)C. The van der Waals surface area contributed by atoms with Crippen molar-refractivity contribution in [2.45, 2.75) is 142 Å². The van der Waals surface area contributed by atoms with Gasteiger partial charge in [-0.3, -0.25) is 39.1 Å². The Kier molecular flexibility index (Phi) is 25.1. The third-order valence-corrected chi connectivity index (χ3v) is 15.4. The number of likely N-dealkylation sites (tertiary alicyclic amines) is 1. The number of benzene rings is 1. The molecule has 1 saturated heterocycles. The van der Waals surface area contributed by atoms with E-state index in [1.54, 1.807) is 25.3 Å². The number of carbonyl (C=O) groups is 7. The zero-order valence-corrected chi connectivity index (χ0v) is 45.0. The zero-order valence-electron chi connectivity index (χ0n) is 42.6. The number of likely N-dealkylation sites (N-methyl/N-ethyl adjacent to an activating group) is 1. The molecule has 1 unspecified atom stereocenters. The van der Waals surface area contributed by atoms with Crippen molar-refractivity contribution in [3.63, 3.8) is 0 Å². The summed E-state index contributed by atoms with van der Waals surface area (Å²) in [5.41, 5.74) is 5.42. The maximum Gasteiger partial charge on any atom is 0.426 e. The lowest BCUT2D eigenvalue weighted by Gasteiger charge is -2.39. The van der Waals surface area contributed by atoms with E-state index in [-0.39, 0.29) is 66.5 Å². The number of phenolic OH excluding ortho intramolecular Hbond substituents is 1. The van der Waals surface area contributed by atoms with Gasteiger partial charge in [0, 0.05) is 55.1 Å². The fourth-order valence-electron chi connectivity index (χ4n) is 8.02. The highest BCUT2D eigenvalue weighted by Crippen LogP contribution is 2.32. The van der Waals surface area contributed by atoms with Gasteiger partial charge in [0.2, 0.25) is 17.7 Å². The summed E-state index contributed by atoms with van der Waals surface area (Å²) in [6.45, 7) is 12.8. The standard InChI is InChI=1S/C50H72N8O11S3/c1-9-15-43(61)68-30-58(49(65)44(32(5)10-2)54-47(64)39-16-12-14-23-57(39)8)40(31(3)4)28-41(69-34(7)59)48-53-38(29-70-48)46(63)52-36(27-35-18-20-37(60)21-19-35)26-33(6)45(62)55-56-50(66)67-24-25-71-72-42-17-11-13-22-51-42/h11,13,17-22,29,31-33,36,39-41,44,60H,9-10,12,14-16,23-28,30H2,1-8H3,(H,52,63)(H,54,64)(H,55,62)(H,56,66)/t32-,33-,36+,39+,40+,41+,44?/m0/s1. The Morgan fingerprint density at radius 3 is 2.36 bits per heavy atom. The molecule has 0 radical (unpaired) electrons. The molecule has 1 aliphatic rings. The van der Waals surface area contributed by atoms with Crippen LogP contribution in [-0.4, -0.2) is 123 Å². The van der Waals surface area contributed by atoms with Gasteiger partial charge in [-0.1, -0.05) is 83.4 Å². The molecule has 5 amide bonds. The predicted octanol–water partition coefficient (Wildman–Crippen LogP) is 6.97. The Hall–Kier alpha value is -5.45. The smallest absolute Gasteiger partial charge is 0.426 e. The number of ether oxygens (including phenoxy) is 3. The monoisotopic (exact) mass is 1060 g/mol. The van der Waals surface area contributed by atoms with E-state index in [2.05, 4.69) is 31.5 Å². The molecule has 4 rings (SSSR count). The van der Waals surface area contributed by atoms with Crippen molar-refractivity contribution < 1.29 is 52.9 Å². The second kappa shape index (κ2) is 30.6. The van der Waals surface area contributed by atoms with Gasteiger partial charge in [0.05, 0.1) is 6.04 Å². The minimum Gasteiger partial charge on any atom is -0.508 e. The summed E-state index contributed by atoms with van der Waals surface area (Å²) in [4.78, 5) is 106. The van der Waals surface area contributed by atoms with Crippen LogP contribution in [0.5, 0.6) is 5.75 Å². The second-order valence-corrected chi connectivity index (χ2v) is 21.6. The van der Waals surface area contributed by atoms with E-state index < -0.39 is 78.7 Å². The van der Waals surface area contributed by atoms with Gasteiger partial charge in [-0.05, 0) is 98.2 Å². The molecule has 22 heteroatoms. The Bertz CT molecular complexity index is 2220.